The molecular weight excluding hydrogens is 703 g/mol. The molecule has 6 heteroatoms. The third-order valence-electron chi connectivity index (χ3n) is 11.5. The normalized spacial score (nSPS) is 14.5. The van der Waals surface area contributed by atoms with E-state index in [1.54, 1.807) is 4.90 Å². The minimum atomic E-state index is -0.258. The second-order valence-corrected chi connectivity index (χ2v) is 16.2. The van der Waals surface area contributed by atoms with Gasteiger partial charge in [-0.25, -0.2) is 0 Å². The first kappa shape index (κ1) is 39.2. The minimum Gasteiger partial charge on any atom is -0.341 e. The maximum Gasteiger partial charge on any atom is 0.230 e. The van der Waals surface area contributed by atoms with E-state index in [9.17, 15) is 14.4 Å². The Labute approximate surface area is 337 Å². The summed E-state index contributed by atoms with van der Waals surface area (Å²) in [5.74, 6) is -0.0781. The van der Waals surface area contributed by atoms with Crippen LogP contribution in [-0.2, 0) is 34.0 Å². The lowest BCUT2D eigenvalue weighted by Crippen LogP contribution is -2.38. The maximum absolute atomic E-state index is 13.9. The summed E-state index contributed by atoms with van der Waals surface area (Å²) in [6, 6.07) is 46.2. The summed E-state index contributed by atoms with van der Waals surface area (Å²) < 4.78 is 0. The Kier molecular flexibility index (Phi) is 11.4. The van der Waals surface area contributed by atoms with Gasteiger partial charge in [0.25, 0.3) is 0 Å². The van der Waals surface area contributed by atoms with Crippen molar-refractivity contribution in [1.29, 1.82) is 0 Å². The van der Waals surface area contributed by atoms with E-state index < -0.39 is 0 Å². The first-order valence-electron chi connectivity index (χ1n) is 20.1. The first-order chi connectivity index (χ1) is 27.4. The Hall–Kier alpha value is -6.01. The second-order valence-electron chi connectivity index (χ2n) is 16.2. The first-order valence-corrected chi connectivity index (χ1v) is 20.1. The Morgan fingerprint density at radius 1 is 0.667 bits per heavy atom. The fourth-order valence-corrected chi connectivity index (χ4v) is 8.40. The zero-order chi connectivity index (χ0) is 40.4. The van der Waals surface area contributed by atoms with Gasteiger partial charge < -0.3 is 14.7 Å². The van der Waals surface area contributed by atoms with E-state index in [0.29, 0.717) is 19.6 Å². The molecule has 0 saturated heterocycles. The molecule has 0 radical (unpaired) electrons. The van der Waals surface area contributed by atoms with Crippen LogP contribution in [0, 0.1) is 11.8 Å². The van der Waals surface area contributed by atoms with Gasteiger partial charge in [-0.15, -0.1) is 0 Å². The van der Waals surface area contributed by atoms with E-state index in [4.69, 9.17) is 0 Å². The summed E-state index contributed by atoms with van der Waals surface area (Å²) in [6.07, 6.45) is 0. The van der Waals surface area contributed by atoms with Gasteiger partial charge in [0, 0.05) is 45.6 Å². The molecule has 2 atom stereocenters. The zero-order valence-electron chi connectivity index (χ0n) is 34.2. The van der Waals surface area contributed by atoms with Crippen molar-refractivity contribution in [3.8, 4) is 22.3 Å². The molecule has 1 aliphatic rings. The molecule has 0 saturated carbocycles. The molecule has 7 rings (SSSR count). The number of benzene rings is 6. The van der Waals surface area contributed by atoms with Crippen molar-refractivity contribution in [2.75, 3.05) is 14.1 Å². The van der Waals surface area contributed by atoms with Gasteiger partial charge in [-0.2, -0.15) is 0 Å². The Morgan fingerprint density at radius 3 is 2.02 bits per heavy atom. The molecule has 0 spiro atoms. The molecule has 2 unspecified atom stereocenters. The van der Waals surface area contributed by atoms with E-state index in [2.05, 4.69) is 109 Å². The number of carbonyl (C=O) groups excluding carboxylic acids is 3. The average molecular weight is 756 g/mol. The standard InChI is InChI=1S/C51H53N3O3/c1-33(2)49(55)52(6)30-42-18-13-17-37-22-25-41(29-47(37)42)46-19-12-11-16-43(46)31-54-32-44-28-40(26-27-45(44)35(5)51(54)57)36-20-23-39(24-21-36)48(38-14-9-8-10-15-38)53(7)50(56)34(3)4/h8-29,33-35,48H,30-32H2,1-7H3. The lowest BCUT2D eigenvalue weighted by atomic mass is 9.87. The van der Waals surface area contributed by atoms with Crippen molar-refractivity contribution in [3.05, 3.63) is 167 Å². The van der Waals surface area contributed by atoms with Crippen molar-refractivity contribution in [2.45, 2.75) is 66.2 Å². The predicted octanol–water partition coefficient (Wildman–Crippen LogP) is 10.6. The summed E-state index contributed by atoms with van der Waals surface area (Å²) in [5.41, 5.74) is 10.9. The molecule has 0 aromatic heterocycles. The molecule has 6 nitrogen and oxygen atoms in total. The molecule has 290 valence electrons. The van der Waals surface area contributed by atoms with E-state index in [-0.39, 0.29) is 41.5 Å². The maximum atomic E-state index is 13.9. The fourth-order valence-electron chi connectivity index (χ4n) is 8.40. The summed E-state index contributed by atoms with van der Waals surface area (Å²) >= 11 is 0. The highest BCUT2D eigenvalue weighted by Crippen LogP contribution is 2.37. The van der Waals surface area contributed by atoms with Gasteiger partial charge in [0.05, 0.1) is 12.0 Å². The van der Waals surface area contributed by atoms with E-state index in [1.807, 2.05) is 82.8 Å². The number of carbonyl (C=O) groups is 3. The number of amides is 3. The highest BCUT2D eigenvalue weighted by Gasteiger charge is 2.31. The summed E-state index contributed by atoms with van der Waals surface area (Å²) in [5, 5.41) is 2.25. The molecule has 1 aliphatic heterocycles. The predicted molar refractivity (Wildman–Crippen MR) is 231 cm³/mol. The van der Waals surface area contributed by atoms with Crippen LogP contribution in [0.5, 0.6) is 0 Å². The molecular formula is C51H53N3O3. The van der Waals surface area contributed by atoms with Gasteiger partial charge in [-0.05, 0) is 85.5 Å². The van der Waals surface area contributed by atoms with Gasteiger partial charge in [0.1, 0.15) is 0 Å². The van der Waals surface area contributed by atoms with Crippen molar-refractivity contribution in [2.24, 2.45) is 11.8 Å². The minimum absolute atomic E-state index is 0.0631. The van der Waals surface area contributed by atoms with Crippen LogP contribution in [0.25, 0.3) is 33.0 Å². The molecule has 57 heavy (non-hydrogen) atoms. The summed E-state index contributed by atoms with van der Waals surface area (Å²) in [7, 11) is 3.76. The highest BCUT2D eigenvalue weighted by atomic mass is 16.2. The van der Waals surface area contributed by atoms with E-state index in [0.717, 1.165) is 66.4 Å². The third kappa shape index (κ3) is 8.13. The molecule has 1 heterocycles. The second kappa shape index (κ2) is 16.6. The van der Waals surface area contributed by atoms with E-state index >= 15 is 0 Å². The zero-order valence-corrected chi connectivity index (χ0v) is 34.2. The van der Waals surface area contributed by atoms with Crippen molar-refractivity contribution in [1.82, 2.24) is 14.7 Å². The Morgan fingerprint density at radius 2 is 1.30 bits per heavy atom. The fraction of sp³-hybridized carbons (Fsp3) is 0.275. The van der Waals surface area contributed by atoms with Crippen LogP contribution in [0.3, 0.4) is 0 Å². The van der Waals surface area contributed by atoms with Gasteiger partial charge in [0.2, 0.25) is 17.7 Å². The molecule has 0 N–H and O–H groups in total. The van der Waals surface area contributed by atoms with Crippen LogP contribution in [0.2, 0.25) is 0 Å². The summed E-state index contributed by atoms with van der Waals surface area (Å²) in [6.45, 7) is 11.3. The number of hydrogen-bond donors (Lipinski definition) is 0. The number of rotatable bonds is 11. The molecule has 0 aliphatic carbocycles. The Bertz CT molecular complexity index is 2420. The van der Waals surface area contributed by atoms with Crippen LogP contribution in [0.4, 0.5) is 0 Å². The molecule has 0 fully saturated rings. The summed E-state index contributed by atoms with van der Waals surface area (Å²) in [4.78, 5) is 45.5. The third-order valence-corrected chi connectivity index (χ3v) is 11.5. The van der Waals surface area contributed by atoms with Gasteiger partial charge >= 0.3 is 0 Å². The van der Waals surface area contributed by atoms with Crippen LogP contribution >= 0.6 is 0 Å². The molecule has 6 aromatic rings. The van der Waals surface area contributed by atoms with Gasteiger partial charge in [0.15, 0.2) is 0 Å². The van der Waals surface area contributed by atoms with Crippen LogP contribution < -0.4 is 0 Å². The average Bonchev–Trinajstić information content (AvgIpc) is 3.22. The molecule has 6 aromatic carbocycles. The SMILES string of the molecule is CC(C)C(=O)N(C)Cc1cccc2ccc(-c3ccccc3CN3Cc4cc(-c5ccc(C(c6ccccc6)N(C)C(=O)C(C)C)cc5)ccc4C(C)C3=O)cc12. The van der Waals surface area contributed by atoms with Crippen molar-refractivity contribution < 1.29 is 14.4 Å². The lowest BCUT2D eigenvalue weighted by molar-refractivity contribution is -0.135. The number of hydrogen-bond acceptors (Lipinski definition) is 3. The smallest absolute Gasteiger partial charge is 0.230 e. The molecule has 0 bridgehead atoms. The molecule has 3 amide bonds. The number of fused-ring (bicyclic) bond motifs is 2. The van der Waals surface area contributed by atoms with Gasteiger partial charge in [-0.1, -0.05) is 149 Å². The van der Waals surface area contributed by atoms with Crippen LogP contribution in [-0.4, -0.2) is 46.5 Å². The lowest BCUT2D eigenvalue weighted by Gasteiger charge is -2.33. The van der Waals surface area contributed by atoms with Crippen LogP contribution in [0.1, 0.15) is 80.0 Å². The quantitative estimate of drug-likeness (QED) is 0.132. The Balaban J connectivity index is 1.15. The number of nitrogens with zero attached hydrogens (tertiary/aromatic N) is 3. The van der Waals surface area contributed by atoms with Crippen molar-refractivity contribution >= 4 is 28.5 Å². The van der Waals surface area contributed by atoms with Crippen LogP contribution in [0.15, 0.2) is 133 Å². The van der Waals surface area contributed by atoms with Gasteiger partial charge in [-0.3, -0.25) is 14.4 Å². The van der Waals surface area contributed by atoms with E-state index in [1.165, 1.54) is 0 Å². The highest BCUT2D eigenvalue weighted by molar-refractivity contribution is 5.91. The van der Waals surface area contributed by atoms with Crippen molar-refractivity contribution in [3.63, 3.8) is 0 Å². The topological polar surface area (TPSA) is 60.9 Å². The largest absolute Gasteiger partial charge is 0.341 e. The monoisotopic (exact) mass is 755 g/mol.